The van der Waals surface area contributed by atoms with Gasteiger partial charge in [-0.2, -0.15) is 20.1 Å². The lowest BCUT2D eigenvalue weighted by atomic mass is 10.2. The van der Waals surface area contributed by atoms with Gasteiger partial charge in [0.05, 0.1) is 0 Å². The van der Waals surface area contributed by atoms with Gasteiger partial charge in [0.25, 0.3) is 5.95 Å². The zero-order valence-electron chi connectivity index (χ0n) is 10.4. The minimum absolute atomic E-state index is 0.489. The van der Waals surface area contributed by atoms with E-state index in [1.807, 2.05) is 36.4 Å². The molecule has 0 radical (unpaired) electrons. The fourth-order valence-corrected chi connectivity index (χ4v) is 1.68. The molecular weight excluding hydrogens is 240 g/mol. The van der Waals surface area contributed by atoms with E-state index in [0.29, 0.717) is 17.7 Å². The van der Waals surface area contributed by atoms with Gasteiger partial charge < -0.3 is 5.32 Å². The second-order valence-corrected chi connectivity index (χ2v) is 3.85. The maximum absolute atomic E-state index is 4.43. The number of nitrogens with one attached hydrogen (secondary N) is 1. The Morgan fingerprint density at radius 3 is 2.53 bits per heavy atom. The first-order valence-electron chi connectivity index (χ1n) is 5.86. The molecule has 0 spiro atoms. The summed E-state index contributed by atoms with van der Waals surface area (Å²) < 4.78 is 1.61. The molecule has 0 unspecified atom stereocenters. The fraction of sp³-hybridized carbons (Fsp3) is 0.0769. The Morgan fingerprint density at radius 2 is 1.84 bits per heavy atom. The highest BCUT2D eigenvalue weighted by atomic mass is 15.4. The predicted octanol–water partition coefficient (Wildman–Crippen LogP) is 1.77. The standard InChI is InChI=1S/C13H12N6/c1-14-12-16-11(10-6-3-2-4-7-10)17-13(18-12)19-9-5-8-15-19/h2-9H,1H3,(H,14,16,17,18). The molecule has 0 amide bonds. The molecule has 2 heterocycles. The van der Waals surface area contributed by atoms with Crippen molar-refractivity contribution in [2.24, 2.45) is 0 Å². The van der Waals surface area contributed by atoms with Crippen molar-refractivity contribution in [3.8, 4) is 17.3 Å². The molecule has 0 aliphatic heterocycles. The highest BCUT2D eigenvalue weighted by Crippen LogP contribution is 2.16. The maximum Gasteiger partial charge on any atom is 0.255 e. The van der Waals surface area contributed by atoms with Gasteiger partial charge in [0.1, 0.15) is 0 Å². The Bertz CT molecular complexity index is 663. The lowest BCUT2D eigenvalue weighted by Gasteiger charge is -2.06. The second kappa shape index (κ2) is 4.85. The molecule has 0 aliphatic rings. The third-order valence-electron chi connectivity index (χ3n) is 2.59. The summed E-state index contributed by atoms with van der Waals surface area (Å²) in [7, 11) is 1.77. The molecule has 3 aromatic rings. The van der Waals surface area contributed by atoms with Crippen LogP contribution in [0.15, 0.2) is 48.8 Å². The van der Waals surface area contributed by atoms with E-state index in [-0.39, 0.29) is 0 Å². The molecule has 6 nitrogen and oxygen atoms in total. The molecule has 0 bridgehead atoms. The number of rotatable bonds is 3. The van der Waals surface area contributed by atoms with Crippen molar-refractivity contribution in [3.05, 3.63) is 48.8 Å². The van der Waals surface area contributed by atoms with Crippen molar-refractivity contribution >= 4 is 5.95 Å². The van der Waals surface area contributed by atoms with E-state index in [9.17, 15) is 0 Å². The smallest absolute Gasteiger partial charge is 0.255 e. The van der Waals surface area contributed by atoms with Crippen molar-refractivity contribution < 1.29 is 0 Å². The van der Waals surface area contributed by atoms with Gasteiger partial charge >= 0.3 is 0 Å². The van der Waals surface area contributed by atoms with E-state index >= 15 is 0 Å². The fourth-order valence-electron chi connectivity index (χ4n) is 1.68. The molecule has 0 saturated carbocycles. The van der Waals surface area contributed by atoms with Crippen molar-refractivity contribution in [1.82, 2.24) is 24.7 Å². The zero-order valence-corrected chi connectivity index (χ0v) is 10.4. The van der Waals surface area contributed by atoms with E-state index in [4.69, 9.17) is 0 Å². The highest BCUT2D eigenvalue weighted by Gasteiger charge is 2.08. The van der Waals surface area contributed by atoms with Gasteiger partial charge in [0.2, 0.25) is 5.95 Å². The Morgan fingerprint density at radius 1 is 1.00 bits per heavy atom. The quantitative estimate of drug-likeness (QED) is 0.769. The summed E-state index contributed by atoms with van der Waals surface area (Å²) in [4.78, 5) is 13.1. The number of hydrogen-bond acceptors (Lipinski definition) is 5. The average Bonchev–Trinajstić information content (AvgIpc) is 3.02. The Labute approximate surface area is 110 Å². The topological polar surface area (TPSA) is 68.5 Å². The van der Waals surface area contributed by atoms with Gasteiger partial charge in [-0.1, -0.05) is 30.3 Å². The van der Waals surface area contributed by atoms with Gasteiger partial charge in [0, 0.05) is 25.0 Å². The summed E-state index contributed by atoms with van der Waals surface area (Å²) in [6, 6.07) is 11.6. The summed E-state index contributed by atoms with van der Waals surface area (Å²) >= 11 is 0. The van der Waals surface area contributed by atoms with Crippen molar-refractivity contribution in [3.63, 3.8) is 0 Å². The van der Waals surface area contributed by atoms with Crippen molar-refractivity contribution in [2.45, 2.75) is 0 Å². The van der Waals surface area contributed by atoms with Crippen LogP contribution in [-0.4, -0.2) is 31.8 Å². The maximum atomic E-state index is 4.43. The van der Waals surface area contributed by atoms with Crippen LogP contribution in [0.5, 0.6) is 0 Å². The zero-order chi connectivity index (χ0) is 13.1. The van der Waals surface area contributed by atoms with E-state index in [2.05, 4.69) is 25.4 Å². The molecule has 19 heavy (non-hydrogen) atoms. The lowest BCUT2D eigenvalue weighted by molar-refractivity contribution is 0.800. The van der Waals surface area contributed by atoms with Crippen LogP contribution in [0.4, 0.5) is 5.95 Å². The van der Waals surface area contributed by atoms with E-state index < -0.39 is 0 Å². The highest BCUT2D eigenvalue weighted by molar-refractivity contribution is 5.56. The van der Waals surface area contributed by atoms with Crippen LogP contribution in [0, 0.1) is 0 Å². The summed E-state index contributed by atoms with van der Waals surface area (Å²) in [5.41, 5.74) is 0.940. The number of nitrogens with zero attached hydrogens (tertiary/aromatic N) is 5. The lowest BCUT2D eigenvalue weighted by Crippen LogP contribution is -2.08. The molecule has 0 fully saturated rings. The van der Waals surface area contributed by atoms with Crippen LogP contribution in [-0.2, 0) is 0 Å². The van der Waals surface area contributed by atoms with Crippen LogP contribution in [0.25, 0.3) is 17.3 Å². The minimum Gasteiger partial charge on any atom is -0.357 e. The van der Waals surface area contributed by atoms with Crippen LogP contribution in [0.3, 0.4) is 0 Å². The van der Waals surface area contributed by atoms with E-state index in [1.165, 1.54) is 0 Å². The summed E-state index contributed by atoms with van der Waals surface area (Å²) in [6.45, 7) is 0. The van der Waals surface area contributed by atoms with Crippen LogP contribution < -0.4 is 5.32 Å². The monoisotopic (exact) mass is 252 g/mol. The van der Waals surface area contributed by atoms with Gasteiger partial charge in [-0.15, -0.1) is 0 Å². The average molecular weight is 252 g/mol. The summed E-state index contributed by atoms with van der Waals surface area (Å²) in [6.07, 6.45) is 3.48. The Hall–Kier alpha value is -2.76. The predicted molar refractivity (Wildman–Crippen MR) is 71.9 cm³/mol. The Balaban J connectivity index is 2.13. The first kappa shape index (κ1) is 11.3. The van der Waals surface area contributed by atoms with Crippen molar-refractivity contribution in [1.29, 1.82) is 0 Å². The number of anilines is 1. The molecule has 1 aromatic carbocycles. The number of aromatic nitrogens is 5. The van der Waals surface area contributed by atoms with E-state index in [1.54, 1.807) is 24.1 Å². The van der Waals surface area contributed by atoms with Crippen molar-refractivity contribution in [2.75, 3.05) is 12.4 Å². The molecule has 1 N–H and O–H groups in total. The second-order valence-electron chi connectivity index (χ2n) is 3.85. The first-order valence-corrected chi connectivity index (χ1v) is 5.86. The molecule has 0 atom stereocenters. The molecule has 94 valence electrons. The molecule has 2 aromatic heterocycles. The van der Waals surface area contributed by atoms with Gasteiger partial charge in [-0.3, -0.25) is 0 Å². The molecule has 0 aliphatic carbocycles. The Kier molecular flexibility index (Phi) is 2.89. The minimum atomic E-state index is 0.489. The van der Waals surface area contributed by atoms with Crippen LogP contribution >= 0.6 is 0 Å². The normalized spacial score (nSPS) is 10.4. The SMILES string of the molecule is CNc1nc(-c2ccccc2)nc(-n2cccn2)n1. The largest absolute Gasteiger partial charge is 0.357 e. The molecular formula is C13H12N6. The number of benzene rings is 1. The summed E-state index contributed by atoms with van der Waals surface area (Å²) in [5, 5.41) is 7.07. The molecule has 3 rings (SSSR count). The van der Waals surface area contributed by atoms with Gasteiger partial charge in [-0.05, 0) is 6.07 Å². The first-order chi connectivity index (χ1) is 9.36. The van der Waals surface area contributed by atoms with Gasteiger partial charge in [0.15, 0.2) is 5.82 Å². The van der Waals surface area contributed by atoms with E-state index in [0.717, 1.165) is 5.56 Å². The third-order valence-corrected chi connectivity index (χ3v) is 2.59. The number of hydrogen-bond donors (Lipinski definition) is 1. The van der Waals surface area contributed by atoms with Crippen LogP contribution in [0.2, 0.25) is 0 Å². The van der Waals surface area contributed by atoms with Gasteiger partial charge in [-0.25, -0.2) is 4.68 Å². The van der Waals surface area contributed by atoms with Crippen LogP contribution in [0.1, 0.15) is 0 Å². The molecule has 0 saturated heterocycles. The third kappa shape index (κ3) is 2.28. The molecule has 6 heteroatoms. The summed E-state index contributed by atoms with van der Waals surface area (Å²) in [5.74, 6) is 1.62.